The van der Waals surface area contributed by atoms with Crippen molar-refractivity contribution in [3.05, 3.63) is 72.6 Å². The molecule has 0 aliphatic rings. The average Bonchev–Trinajstić information content (AvgIpc) is 2.60. The molecule has 4 heteroatoms. The number of fused-ring (bicyclic) bond motifs is 2. The molecule has 4 nitrogen and oxygen atoms in total. The Kier molecular flexibility index (Phi) is 3.27. The summed E-state index contributed by atoms with van der Waals surface area (Å²) < 4.78 is 0. The van der Waals surface area contributed by atoms with Crippen LogP contribution in [-0.4, -0.2) is 9.97 Å². The third kappa shape index (κ3) is 2.55. The smallest absolute Gasteiger partial charge is 0.137 e. The van der Waals surface area contributed by atoms with E-state index in [4.69, 9.17) is 5.73 Å². The molecule has 0 aliphatic heterocycles. The normalized spacial score (nSPS) is 11.0. The molecule has 0 bridgehead atoms. The molecule has 4 aromatic rings. The van der Waals surface area contributed by atoms with Crippen LogP contribution in [0.1, 0.15) is 5.56 Å². The molecule has 0 fully saturated rings. The van der Waals surface area contributed by atoms with Gasteiger partial charge in [-0.2, -0.15) is 0 Å². The molecular weight excluding hydrogens is 284 g/mol. The summed E-state index contributed by atoms with van der Waals surface area (Å²) in [5.41, 5.74) is 8.72. The summed E-state index contributed by atoms with van der Waals surface area (Å²) in [5, 5.41) is 6.84. The fourth-order valence-electron chi connectivity index (χ4n) is 2.84. The van der Waals surface area contributed by atoms with Crippen LogP contribution in [-0.2, 0) is 6.54 Å². The molecule has 23 heavy (non-hydrogen) atoms. The van der Waals surface area contributed by atoms with E-state index in [9.17, 15) is 0 Å². The van der Waals surface area contributed by atoms with Gasteiger partial charge in [0.05, 0.1) is 5.52 Å². The van der Waals surface area contributed by atoms with E-state index in [1.165, 1.54) is 16.3 Å². The van der Waals surface area contributed by atoms with Gasteiger partial charge in [0.2, 0.25) is 0 Å². The van der Waals surface area contributed by atoms with Gasteiger partial charge in [-0.1, -0.05) is 42.5 Å². The van der Waals surface area contributed by atoms with Crippen molar-refractivity contribution < 1.29 is 0 Å². The maximum Gasteiger partial charge on any atom is 0.137 e. The largest absolute Gasteiger partial charge is 0.399 e. The van der Waals surface area contributed by atoms with E-state index in [2.05, 4.69) is 57.7 Å². The standard InChI is InChI=1S/C19H16N4/c20-15-8-9-18-17(10-15)19(23-12-22-18)21-11-14-6-3-5-13-4-1-2-7-16(13)14/h1-10,12H,11,20H2,(H,21,22,23). The summed E-state index contributed by atoms with van der Waals surface area (Å²) in [6.07, 6.45) is 1.57. The highest BCUT2D eigenvalue weighted by Gasteiger charge is 2.05. The molecule has 0 saturated carbocycles. The molecule has 0 unspecified atom stereocenters. The fraction of sp³-hybridized carbons (Fsp3) is 0.0526. The zero-order valence-corrected chi connectivity index (χ0v) is 12.5. The average molecular weight is 300 g/mol. The lowest BCUT2D eigenvalue weighted by atomic mass is 10.0. The van der Waals surface area contributed by atoms with Gasteiger partial charge in [-0.3, -0.25) is 0 Å². The van der Waals surface area contributed by atoms with E-state index >= 15 is 0 Å². The Morgan fingerprint density at radius 3 is 2.70 bits per heavy atom. The number of nitrogens with zero attached hydrogens (tertiary/aromatic N) is 2. The van der Waals surface area contributed by atoms with Crippen molar-refractivity contribution in [1.29, 1.82) is 0 Å². The van der Waals surface area contributed by atoms with E-state index in [1.54, 1.807) is 6.33 Å². The van der Waals surface area contributed by atoms with E-state index in [0.29, 0.717) is 12.2 Å². The highest BCUT2D eigenvalue weighted by Crippen LogP contribution is 2.24. The molecule has 0 amide bonds. The highest BCUT2D eigenvalue weighted by atomic mass is 15.0. The number of rotatable bonds is 3. The zero-order valence-electron chi connectivity index (χ0n) is 12.5. The van der Waals surface area contributed by atoms with E-state index in [1.807, 2.05) is 18.2 Å². The molecule has 0 spiro atoms. The molecule has 112 valence electrons. The van der Waals surface area contributed by atoms with Gasteiger partial charge in [-0.25, -0.2) is 9.97 Å². The number of benzene rings is 3. The maximum atomic E-state index is 5.89. The summed E-state index contributed by atoms with van der Waals surface area (Å²) >= 11 is 0. The van der Waals surface area contributed by atoms with Crippen LogP contribution in [0.25, 0.3) is 21.7 Å². The van der Waals surface area contributed by atoms with Crippen molar-refractivity contribution in [3.63, 3.8) is 0 Å². The highest BCUT2D eigenvalue weighted by molar-refractivity contribution is 5.91. The van der Waals surface area contributed by atoms with E-state index in [-0.39, 0.29) is 0 Å². The van der Waals surface area contributed by atoms with Gasteiger partial charge in [0.25, 0.3) is 0 Å². The van der Waals surface area contributed by atoms with Gasteiger partial charge >= 0.3 is 0 Å². The summed E-state index contributed by atoms with van der Waals surface area (Å²) in [4.78, 5) is 8.65. The molecule has 1 aromatic heterocycles. The van der Waals surface area contributed by atoms with Crippen LogP contribution in [0.4, 0.5) is 11.5 Å². The molecular formula is C19H16N4. The summed E-state index contributed by atoms with van der Waals surface area (Å²) in [6, 6.07) is 20.4. The summed E-state index contributed by atoms with van der Waals surface area (Å²) in [6.45, 7) is 0.697. The quantitative estimate of drug-likeness (QED) is 0.562. The number of nitrogens with two attached hydrogens (primary N) is 1. The first-order valence-electron chi connectivity index (χ1n) is 7.52. The van der Waals surface area contributed by atoms with Crippen molar-refractivity contribution in [2.75, 3.05) is 11.1 Å². The Bertz CT molecular complexity index is 989. The Morgan fingerprint density at radius 2 is 1.74 bits per heavy atom. The SMILES string of the molecule is Nc1ccc2ncnc(NCc3cccc4ccccc34)c2c1. The number of nitrogen functional groups attached to an aromatic ring is 1. The predicted molar refractivity (Wildman–Crippen MR) is 95.2 cm³/mol. The van der Waals surface area contributed by atoms with Gasteiger partial charge in [-0.15, -0.1) is 0 Å². The third-order valence-electron chi connectivity index (χ3n) is 3.99. The molecule has 0 atom stereocenters. The lowest BCUT2D eigenvalue weighted by Crippen LogP contribution is -2.03. The van der Waals surface area contributed by atoms with Crippen LogP contribution >= 0.6 is 0 Å². The molecule has 0 radical (unpaired) electrons. The monoisotopic (exact) mass is 300 g/mol. The minimum absolute atomic E-state index is 0.697. The first-order chi connectivity index (χ1) is 11.3. The Balaban J connectivity index is 1.70. The lowest BCUT2D eigenvalue weighted by molar-refractivity contribution is 1.11. The zero-order chi connectivity index (χ0) is 15.6. The first-order valence-corrected chi connectivity index (χ1v) is 7.52. The van der Waals surface area contributed by atoms with Crippen LogP contribution < -0.4 is 11.1 Å². The minimum Gasteiger partial charge on any atom is -0.399 e. The minimum atomic E-state index is 0.697. The number of nitrogens with one attached hydrogen (secondary N) is 1. The van der Waals surface area contributed by atoms with Gasteiger partial charge < -0.3 is 11.1 Å². The maximum absolute atomic E-state index is 5.89. The predicted octanol–water partition coefficient (Wildman–Crippen LogP) is 3.98. The summed E-state index contributed by atoms with van der Waals surface area (Å²) in [7, 11) is 0. The van der Waals surface area contributed by atoms with Crippen LogP contribution in [0, 0.1) is 0 Å². The second kappa shape index (κ2) is 5.57. The van der Waals surface area contributed by atoms with Gasteiger partial charge in [0.1, 0.15) is 12.1 Å². The van der Waals surface area contributed by atoms with E-state index < -0.39 is 0 Å². The lowest BCUT2D eigenvalue weighted by Gasteiger charge is -2.11. The molecule has 1 heterocycles. The van der Waals surface area contributed by atoms with Crippen molar-refractivity contribution >= 4 is 33.2 Å². The molecule has 3 N–H and O–H groups in total. The van der Waals surface area contributed by atoms with Crippen molar-refractivity contribution in [2.24, 2.45) is 0 Å². The third-order valence-corrected chi connectivity index (χ3v) is 3.99. The molecule has 0 aliphatic carbocycles. The van der Waals surface area contributed by atoms with Gasteiger partial charge in [0, 0.05) is 17.6 Å². The Labute approximate surface area is 134 Å². The molecule has 0 saturated heterocycles. The van der Waals surface area contributed by atoms with E-state index in [0.717, 1.165) is 16.7 Å². The first kappa shape index (κ1) is 13.5. The Hall–Kier alpha value is -3.14. The van der Waals surface area contributed by atoms with Crippen LogP contribution in [0.2, 0.25) is 0 Å². The van der Waals surface area contributed by atoms with Gasteiger partial charge in [-0.05, 0) is 34.5 Å². The second-order valence-corrected chi connectivity index (χ2v) is 5.49. The summed E-state index contributed by atoms with van der Waals surface area (Å²) in [5.74, 6) is 0.801. The van der Waals surface area contributed by atoms with Crippen molar-refractivity contribution in [2.45, 2.75) is 6.54 Å². The number of aromatic nitrogens is 2. The number of hydrogen-bond donors (Lipinski definition) is 2. The second-order valence-electron chi connectivity index (χ2n) is 5.49. The number of hydrogen-bond acceptors (Lipinski definition) is 4. The van der Waals surface area contributed by atoms with Crippen molar-refractivity contribution in [3.8, 4) is 0 Å². The molecule has 4 rings (SSSR count). The van der Waals surface area contributed by atoms with Crippen molar-refractivity contribution in [1.82, 2.24) is 9.97 Å². The topological polar surface area (TPSA) is 63.8 Å². The molecule has 3 aromatic carbocycles. The van der Waals surface area contributed by atoms with Crippen LogP contribution in [0.3, 0.4) is 0 Å². The van der Waals surface area contributed by atoms with Crippen LogP contribution in [0.5, 0.6) is 0 Å². The fourth-order valence-corrected chi connectivity index (χ4v) is 2.84. The Morgan fingerprint density at radius 1 is 0.870 bits per heavy atom. The van der Waals surface area contributed by atoms with Crippen LogP contribution in [0.15, 0.2) is 67.0 Å². The number of anilines is 2. The van der Waals surface area contributed by atoms with Gasteiger partial charge in [0.15, 0.2) is 0 Å².